The van der Waals surface area contributed by atoms with Crippen LogP contribution in [0.25, 0.3) is 0 Å². The van der Waals surface area contributed by atoms with Gasteiger partial charge >= 0.3 is 5.97 Å². The van der Waals surface area contributed by atoms with Crippen LogP contribution in [0.2, 0.25) is 0 Å². The van der Waals surface area contributed by atoms with Crippen molar-refractivity contribution < 1.29 is 14.7 Å². The first-order valence-corrected chi connectivity index (χ1v) is 6.20. The van der Waals surface area contributed by atoms with Crippen molar-refractivity contribution >= 4 is 11.9 Å². The largest absolute Gasteiger partial charge is 0.481 e. The number of amides is 1. The highest BCUT2D eigenvalue weighted by molar-refractivity contribution is 5.93. The number of rotatable bonds is 3. The summed E-state index contributed by atoms with van der Waals surface area (Å²) in [6, 6.07) is 4.36. The number of aromatic nitrogens is 1. The third-order valence-corrected chi connectivity index (χ3v) is 3.77. The molecule has 102 valence electrons. The Bertz CT molecular complexity index is 566. The Balaban J connectivity index is 2.19. The number of nitrogens with zero attached hydrogens (tertiary/aromatic N) is 1. The smallest absolute Gasteiger partial charge is 0.311 e. The van der Waals surface area contributed by atoms with E-state index in [1.165, 1.54) is 23.1 Å². The molecule has 0 saturated carbocycles. The minimum atomic E-state index is -0.869. The van der Waals surface area contributed by atoms with Crippen molar-refractivity contribution in [2.45, 2.75) is 19.8 Å². The number of carbonyl (C=O) groups excluding carboxylic acids is 1. The van der Waals surface area contributed by atoms with Gasteiger partial charge in [0.1, 0.15) is 5.69 Å². The molecule has 1 amide bonds. The van der Waals surface area contributed by atoms with Gasteiger partial charge < -0.3 is 15.0 Å². The molecule has 1 saturated heterocycles. The molecule has 1 aliphatic heterocycles. The number of hydrogen-bond donors (Lipinski definition) is 2. The maximum absolute atomic E-state index is 12.2. The Kier molecular flexibility index (Phi) is 3.42. The zero-order chi connectivity index (χ0) is 14.0. The minimum absolute atomic E-state index is 0.189. The number of H-pyrrole nitrogens is 1. The van der Waals surface area contributed by atoms with Gasteiger partial charge in [0.05, 0.1) is 5.41 Å². The average Bonchev–Trinajstić information content (AvgIpc) is 2.83. The lowest BCUT2D eigenvalue weighted by molar-refractivity contribution is -0.148. The van der Waals surface area contributed by atoms with Crippen molar-refractivity contribution in [3.63, 3.8) is 0 Å². The molecule has 0 radical (unpaired) electrons. The second kappa shape index (κ2) is 4.87. The van der Waals surface area contributed by atoms with Crippen molar-refractivity contribution in [3.05, 3.63) is 34.2 Å². The van der Waals surface area contributed by atoms with Crippen molar-refractivity contribution in [2.24, 2.45) is 5.41 Å². The normalized spacial score (nSPS) is 22.5. The molecule has 6 heteroatoms. The fourth-order valence-corrected chi connectivity index (χ4v) is 2.40. The SMILES string of the molecule is CCC1(C(=O)O)CCN(C(=O)c2cccc(=O)[nH]2)C1. The number of aliphatic carboxylic acids is 1. The number of pyridine rings is 1. The summed E-state index contributed by atoms with van der Waals surface area (Å²) in [5.41, 5.74) is -1.00. The first-order chi connectivity index (χ1) is 8.98. The molecule has 0 bridgehead atoms. The number of aromatic amines is 1. The van der Waals surface area contributed by atoms with E-state index in [1.54, 1.807) is 0 Å². The predicted molar refractivity (Wildman–Crippen MR) is 67.9 cm³/mol. The van der Waals surface area contributed by atoms with Crippen molar-refractivity contribution in [3.8, 4) is 0 Å². The molecule has 1 fully saturated rings. The maximum Gasteiger partial charge on any atom is 0.311 e. The molecule has 2 heterocycles. The Labute approximate surface area is 110 Å². The molecule has 0 spiro atoms. The topological polar surface area (TPSA) is 90.5 Å². The van der Waals surface area contributed by atoms with Crippen LogP contribution in [-0.2, 0) is 4.79 Å². The maximum atomic E-state index is 12.2. The van der Waals surface area contributed by atoms with Crippen LogP contribution in [0.15, 0.2) is 23.0 Å². The zero-order valence-electron chi connectivity index (χ0n) is 10.7. The fraction of sp³-hybridized carbons (Fsp3) is 0.462. The second-order valence-corrected chi connectivity index (χ2v) is 4.84. The Morgan fingerprint density at radius 1 is 1.47 bits per heavy atom. The van der Waals surface area contributed by atoms with Crippen LogP contribution in [0.1, 0.15) is 30.3 Å². The van der Waals surface area contributed by atoms with Crippen LogP contribution in [-0.4, -0.2) is 40.0 Å². The highest BCUT2D eigenvalue weighted by Crippen LogP contribution is 2.34. The van der Waals surface area contributed by atoms with E-state index >= 15 is 0 Å². The van der Waals surface area contributed by atoms with Gasteiger partial charge in [0, 0.05) is 19.2 Å². The summed E-state index contributed by atoms with van der Waals surface area (Å²) in [7, 11) is 0. The van der Waals surface area contributed by atoms with Gasteiger partial charge in [-0.25, -0.2) is 0 Å². The van der Waals surface area contributed by atoms with E-state index in [1.807, 2.05) is 6.92 Å². The minimum Gasteiger partial charge on any atom is -0.481 e. The van der Waals surface area contributed by atoms with Gasteiger partial charge in [-0.2, -0.15) is 0 Å². The summed E-state index contributed by atoms with van der Waals surface area (Å²) < 4.78 is 0. The quantitative estimate of drug-likeness (QED) is 0.840. The molecule has 1 aromatic heterocycles. The zero-order valence-corrected chi connectivity index (χ0v) is 10.7. The highest BCUT2D eigenvalue weighted by atomic mass is 16.4. The van der Waals surface area contributed by atoms with E-state index in [0.717, 1.165) is 0 Å². The molecule has 1 unspecified atom stereocenters. The molecule has 1 aromatic rings. The first kappa shape index (κ1) is 13.3. The van der Waals surface area contributed by atoms with E-state index in [2.05, 4.69) is 4.98 Å². The Morgan fingerprint density at radius 2 is 2.21 bits per heavy atom. The van der Waals surface area contributed by atoms with Crippen LogP contribution in [0.5, 0.6) is 0 Å². The predicted octanol–water partition coefficient (Wildman–Crippen LogP) is 0.702. The summed E-state index contributed by atoms with van der Waals surface area (Å²) in [4.78, 5) is 38.6. The molecule has 1 aliphatic rings. The van der Waals surface area contributed by atoms with Gasteiger partial charge in [0.2, 0.25) is 5.56 Å². The van der Waals surface area contributed by atoms with Crippen molar-refractivity contribution in [1.29, 1.82) is 0 Å². The summed E-state index contributed by atoms with van der Waals surface area (Å²) in [5, 5.41) is 9.28. The van der Waals surface area contributed by atoms with Gasteiger partial charge in [-0.3, -0.25) is 14.4 Å². The molecule has 0 aliphatic carbocycles. The van der Waals surface area contributed by atoms with Crippen LogP contribution in [0.4, 0.5) is 0 Å². The summed E-state index contributed by atoms with van der Waals surface area (Å²) >= 11 is 0. The number of carbonyl (C=O) groups is 2. The van der Waals surface area contributed by atoms with Gasteiger partial charge in [-0.1, -0.05) is 13.0 Å². The van der Waals surface area contributed by atoms with E-state index < -0.39 is 11.4 Å². The number of nitrogens with one attached hydrogen (secondary N) is 1. The number of likely N-dealkylation sites (tertiary alicyclic amines) is 1. The number of carboxylic acid groups (broad SMARTS) is 1. The fourth-order valence-electron chi connectivity index (χ4n) is 2.40. The van der Waals surface area contributed by atoms with Gasteiger partial charge in [0.25, 0.3) is 5.91 Å². The summed E-state index contributed by atoms with van der Waals surface area (Å²) in [6.45, 7) is 2.40. The van der Waals surface area contributed by atoms with E-state index in [0.29, 0.717) is 19.4 Å². The first-order valence-electron chi connectivity index (χ1n) is 6.20. The summed E-state index contributed by atoms with van der Waals surface area (Å²) in [6.07, 6.45) is 0.930. The third-order valence-electron chi connectivity index (χ3n) is 3.77. The van der Waals surface area contributed by atoms with Gasteiger partial charge in [-0.15, -0.1) is 0 Å². The monoisotopic (exact) mass is 264 g/mol. The lowest BCUT2D eigenvalue weighted by Gasteiger charge is -2.22. The van der Waals surface area contributed by atoms with Crippen LogP contribution >= 0.6 is 0 Å². The molecule has 6 nitrogen and oxygen atoms in total. The highest BCUT2D eigenvalue weighted by Gasteiger charge is 2.44. The van der Waals surface area contributed by atoms with Crippen LogP contribution < -0.4 is 5.56 Å². The average molecular weight is 264 g/mol. The Hall–Kier alpha value is -2.11. The Morgan fingerprint density at radius 3 is 2.74 bits per heavy atom. The van der Waals surface area contributed by atoms with Gasteiger partial charge in [0.15, 0.2) is 0 Å². The van der Waals surface area contributed by atoms with Crippen LogP contribution in [0.3, 0.4) is 0 Å². The molecule has 2 N–H and O–H groups in total. The lowest BCUT2D eigenvalue weighted by Crippen LogP contribution is -2.37. The molecule has 2 rings (SSSR count). The van der Waals surface area contributed by atoms with Crippen molar-refractivity contribution in [2.75, 3.05) is 13.1 Å². The van der Waals surface area contributed by atoms with E-state index in [4.69, 9.17) is 0 Å². The molecule has 19 heavy (non-hydrogen) atoms. The lowest BCUT2D eigenvalue weighted by atomic mass is 9.84. The number of hydrogen-bond acceptors (Lipinski definition) is 3. The van der Waals surface area contributed by atoms with E-state index in [-0.39, 0.29) is 23.7 Å². The van der Waals surface area contributed by atoms with E-state index in [9.17, 15) is 19.5 Å². The van der Waals surface area contributed by atoms with Gasteiger partial charge in [-0.05, 0) is 18.9 Å². The standard InChI is InChI=1S/C13H16N2O4/c1-2-13(12(18)19)6-7-15(8-13)11(17)9-4-3-5-10(16)14-9/h3-5H,2,6-8H2,1H3,(H,14,16)(H,18,19). The van der Waals surface area contributed by atoms with Crippen LogP contribution in [0, 0.1) is 5.41 Å². The second-order valence-electron chi connectivity index (χ2n) is 4.84. The molecular weight excluding hydrogens is 248 g/mol. The van der Waals surface area contributed by atoms with Crippen molar-refractivity contribution in [1.82, 2.24) is 9.88 Å². The number of carboxylic acids is 1. The molecule has 0 aromatic carbocycles. The molecule has 1 atom stereocenters. The summed E-state index contributed by atoms with van der Waals surface area (Å²) in [5.74, 6) is -1.19. The third kappa shape index (κ3) is 2.38. The molecular formula is C13H16N2O4.